The molecule has 0 radical (unpaired) electrons. The van der Waals surface area contributed by atoms with E-state index in [2.05, 4.69) is 9.97 Å². The van der Waals surface area contributed by atoms with Gasteiger partial charge in [-0.3, -0.25) is 0 Å². The Labute approximate surface area is 104 Å². The third kappa shape index (κ3) is 1.79. The zero-order chi connectivity index (χ0) is 12.5. The molecule has 1 aromatic carbocycles. The van der Waals surface area contributed by atoms with E-state index in [-0.39, 0.29) is 5.59 Å². The van der Waals surface area contributed by atoms with Gasteiger partial charge in [0.15, 0.2) is 0 Å². The molecule has 88 valence electrons. The van der Waals surface area contributed by atoms with Crippen molar-refractivity contribution in [3.8, 4) is 11.1 Å². The molecule has 5 heteroatoms. The van der Waals surface area contributed by atoms with E-state index in [1.54, 1.807) is 6.20 Å². The summed E-state index contributed by atoms with van der Waals surface area (Å²) in [5.74, 6) is 0. The summed E-state index contributed by atoms with van der Waals surface area (Å²) in [5, 5.41) is 19.8. The molecule has 0 bridgehead atoms. The molecule has 0 saturated carbocycles. The molecule has 0 aliphatic heterocycles. The number of H-pyrrole nitrogens is 1. The predicted molar refractivity (Wildman–Crippen MR) is 71.4 cm³/mol. The molecule has 0 amide bonds. The van der Waals surface area contributed by atoms with Gasteiger partial charge in [-0.15, -0.1) is 0 Å². The van der Waals surface area contributed by atoms with Crippen molar-refractivity contribution in [1.82, 2.24) is 9.97 Å². The summed E-state index contributed by atoms with van der Waals surface area (Å²) >= 11 is 0. The maximum atomic E-state index is 9.44. The number of aromatic nitrogens is 2. The van der Waals surface area contributed by atoms with E-state index in [4.69, 9.17) is 0 Å². The first kappa shape index (κ1) is 11.0. The number of hydrogen-bond acceptors (Lipinski definition) is 3. The molecular formula is C13H11BN2O2. The van der Waals surface area contributed by atoms with Gasteiger partial charge < -0.3 is 15.0 Å². The van der Waals surface area contributed by atoms with Gasteiger partial charge in [0.2, 0.25) is 0 Å². The van der Waals surface area contributed by atoms with Crippen LogP contribution >= 0.6 is 0 Å². The van der Waals surface area contributed by atoms with Crippen LogP contribution in [-0.4, -0.2) is 27.1 Å². The lowest BCUT2D eigenvalue weighted by Gasteiger charge is -2.08. The van der Waals surface area contributed by atoms with Gasteiger partial charge in [0.25, 0.3) is 0 Å². The highest BCUT2D eigenvalue weighted by Crippen LogP contribution is 2.20. The Hall–Kier alpha value is -2.11. The van der Waals surface area contributed by atoms with Crippen molar-refractivity contribution in [3.05, 3.63) is 48.7 Å². The Morgan fingerprint density at radius 3 is 2.56 bits per heavy atom. The number of nitrogens with one attached hydrogen (secondary N) is 1. The lowest BCUT2D eigenvalue weighted by Crippen LogP contribution is -2.34. The first-order valence-corrected chi connectivity index (χ1v) is 5.65. The second-order valence-electron chi connectivity index (χ2n) is 4.08. The van der Waals surface area contributed by atoms with Gasteiger partial charge in [-0.05, 0) is 17.7 Å². The third-order valence-electron chi connectivity index (χ3n) is 2.89. The normalized spacial score (nSPS) is 10.8. The SMILES string of the molecule is OB(O)c1nc2[nH]ccc2cc1-c1ccccc1. The summed E-state index contributed by atoms with van der Waals surface area (Å²) < 4.78 is 0. The van der Waals surface area contributed by atoms with Crippen LogP contribution in [0.5, 0.6) is 0 Å². The Kier molecular flexibility index (Phi) is 2.62. The van der Waals surface area contributed by atoms with Gasteiger partial charge >= 0.3 is 7.12 Å². The Bertz CT molecular complexity index is 680. The summed E-state index contributed by atoms with van der Waals surface area (Å²) in [6.45, 7) is 0. The van der Waals surface area contributed by atoms with Crippen LogP contribution in [-0.2, 0) is 0 Å². The van der Waals surface area contributed by atoms with E-state index in [9.17, 15) is 10.0 Å². The Morgan fingerprint density at radius 1 is 1.06 bits per heavy atom. The molecule has 0 saturated heterocycles. The van der Waals surface area contributed by atoms with Crippen LogP contribution in [0.15, 0.2) is 48.7 Å². The smallest absolute Gasteiger partial charge is 0.422 e. The fraction of sp³-hybridized carbons (Fsp3) is 0. The van der Waals surface area contributed by atoms with Crippen LogP contribution in [0.25, 0.3) is 22.2 Å². The molecule has 4 nitrogen and oxygen atoms in total. The lowest BCUT2D eigenvalue weighted by atomic mass is 9.80. The number of benzene rings is 1. The second-order valence-corrected chi connectivity index (χ2v) is 4.08. The summed E-state index contributed by atoms with van der Waals surface area (Å²) in [6.07, 6.45) is 1.78. The van der Waals surface area contributed by atoms with E-state index in [1.807, 2.05) is 42.5 Å². The zero-order valence-corrected chi connectivity index (χ0v) is 9.54. The Balaban J connectivity index is 2.28. The number of hydrogen-bond donors (Lipinski definition) is 3. The maximum absolute atomic E-state index is 9.44. The number of rotatable bonds is 2. The molecule has 2 aromatic heterocycles. The quantitative estimate of drug-likeness (QED) is 0.581. The van der Waals surface area contributed by atoms with Crippen LogP contribution < -0.4 is 5.59 Å². The minimum atomic E-state index is -1.59. The largest absolute Gasteiger partial charge is 0.508 e. The van der Waals surface area contributed by atoms with E-state index in [0.717, 1.165) is 16.5 Å². The molecule has 0 aliphatic rings. The van der Waals surface area contributed by atoms with Gasteiger partial charge in [-0.25, -0.2) is 4.98 Å². The third-order valence-corrected chi connectivity index (χ3v) is 2.89. The molecule has 0 unspecified atom stereocenters. The summed E-state index contributed by atoms with van der Waals surface area (Å²) in [7, 11) is -1.59. The fourth-order valence-electron chi connectivity index (χ4n) is 2.04. The number of nitrogens with zero attached hydrogens (tertiary/aromatic N) is 1. The lowest BCUT2D eigenvalue weighted by molar-refractivity contribution is 0.424. The first-order chi connectivity index (χ1) is 8.75. The van der Waals surface area contributed by atoms with Crippen LogP contribution in [0.4, 0.5) is 0 Å². The highest BCUT2D eigenvalue weighted by Gasteiger charge is 2.20. The van der Waals surface area contributed by atoms with E-state index in [0.29, 0.717) is 5.65 Å². The number of fused-ring (bicyclic) bond motifs is 1. The molecule has 0 spiro atoms. The van der Waals surface area contributed by atoms with Crippen LogP contribution in [0, 0.1) is 0 Å². The topological polar surface area (TPSA) is 69.1 Å². The van der Waals surface area contributed by atoms with E-state index in [1.165, 1.54) is 0 Å². The second kappa shape index (κ2) is 4.29. The highest BCUT2D eigenvalue weighted by atomic mass is 16.4. The Morgan fingerprint density at radius 2 is 1.83 bits per heavy atom. The molecule has 0 fully saturated rings. The van der Waals surface area contributed by atoms with Gasteiger partial charge in [0, 0.05) is 17.1 Å². The van der Waals surface area contributed by atoms with Crippen LogP contribution in [0.1, 0.15) is 0 Å². The van der Waals surface area contributed by atoms with E-state index >= 15 is 0 Å². The maximum Gasteiger partial charge on any atom is 0.508 e. The van der Waals surface area contributed by atoms with Gasteiger partial charge in [0.05, 0.1) is 5.59 Å². The standard InChI is InChI=1S/C13H11BN2O2/c17-14(18)12-11(9-4-2-1-3-5-9)8-10-6-7-15-13(10)16-12/h1-8,17-18H,(H,15,16). The number of aromatic amines is 1. The van der Waals surface area contributed by atoms with Crippen LogP contribution in [0.2, 0.25) is 0 Å². The monoisotopic (exact) mass is 238 g/mol. The zero-order valence-electron chi connectivity index (χ0n) is 9.54. The molecule has 0 atom stereocenters. The van der Waals surface area contributed by atoms with Crippen LogP contribution in [0.3, 0.4) is 0 Å². The minimum Gasteiger partial charge on any atom is -0.422 e. The average molecular weight is 238 g/mol. The molecular weight excluding hydrogens is 227 g/mol. The molecule has 3 N–H and O–H groups in total. The molecule has 0 aliphatic carbocycles. The molecule has 3 rings (SSSR count). The summed E-state index contributed by atoms with van der Waals surface area (Å²) in [5.41, 5.74) is 2.56. The van der Waals surface area contributed by atoms with Crippen molar-refractivity contribution in [1.29, 1.82) is 0 Å². The summed E-state index contributed by atoms with van der Waals surface area (Å²) in [4.78, 5) is 7.22. The van der Waals surface area contributed by atoms with Crippen molar-refractivity contribution in [3.63, 3.8) is 0 Å². The molecule has 18 heavy (non-hydrogen) atoms. The van der Waals surface area contributed by atoms with Crippen molar-refractivity contribution in [2.45, 2.75) is 0 Å². The van der Waals surface area contributed by atoms with Gasteiger partial charge in [-0.1, -0.05) is 30.3 Å². The van der Waals surface area contributed by atoms with Gasteiger partial charge in [-0.2, -0.15) is 0 Å². The minimum absolute atomic E-state index is 0.260. The average Bonchev–Trinajstić information content (AvgIpc) is 2.85. The molecule has 3 aromatic rings. The van der Waals surface area contributed by atoms with Crippen molar-refractivity contribution < 1.29 is 10.0 Å². The predicted octanol–water partition coefficient (Wildman–Crippen LogP) is 0.910. The first-order valence-electron chi connectivity index (χ1n) is 5.65. The molecule has 2 heterocycles. The highest BCUT2D eigenvalue weighted by molar-refractivity contribution is 6.59. The van der Waals surface area contributed by atoms with E-state index < -0.39 is 7.12 Å². The number of pyridine rings is 1. The van der Waals surface area contributed by atoms with Crippen molar-refractivity contribution >= 4 is 23.7 Å². The fourth-order valence-corrected chi connectivity index (χ4v) is 2.04. The van der Waals surface area contributed by atoms with Gasteiger partial charge in [0.1, 0.15) is 5.65 Å². The summed E-state index contributed by atoms with van der Waals surface area (Å²) in [6, 6.07) is 13.4. The van der Waals surface area contributed by atoms with Crippen molar-refractivity contribution in [2.75, 3.05) is 0 Å². The van der Waals surface area contributed by atoms with Crippen molar-refractivity contribution in [2.24, 2.45) is 0 Å².